The second-order valence-corrected chi connectivity index (χ2v) is 6.81. The molecule has 2 saturated heterocycles. The van der Waals surface area contributed by atoms with Gasteiger partial charge in [0, 0.05) is 30.7 Å². The predicted octanol–water partition coefficient (Wildman–Crippen LogP) is 3.21. The number of rotatable bonds is 2. The largest absolute Gasteiger partial charge is 0.352 e. The molecule has 23 heavy (non-hydrogen) atoms. The SMILES string of the molecule is CN1[C@@H]2CCCC[C@H]1CN(c1ccc(-c3ccccc3)nn1)C2. The molecular weight excluding hydrogens is 284 g/mol. The van der Waals surface area contributed by atoms with Gasteiger partial charge in [0.2, 0.25) is 0 Å². The molecule has 3 heterocycles. The maximum atomic E-state index is 4.52. The quantitative estimate of drug-likeness (QED) is 0.853. The second-order valence-electron chi connectivity index (χ2n) is 6.81. The van der Waals surface area contributed by atoms with Gasteiger partial charge in [-0.25, -0.2) is 0 Å². The molecule has 0 radical (unpaired) electrons. The predicted molar refractivity (Wildman–Crippen MR) is 93.5 cm³/mol. The molecule has 2 aliphatic heterocycles. The van der Waals surface area contributed by atoms with Crippen LogP contribution in [0.25, 0.3) is 11.3 Å². The Morgan fingerprint density at radius 2 is 1.57 bits per heavy atom. The first-order valence-corrected chi connectivity index (χ1v) is 8.67. The van der Waals surface area contributed by atoms with Crippen LogP contribution in [0.3, 0.4) is 0 Å². The molecule has 4 rings (SSSR count). The van der Waals surface area contributed by atoms with Crippen molar-refractivity contribution in [3.05, 3.63) is 42.5 Å². The van der Waals surface area contributed by atoms with E-state index in [1.807, 2.05) is 18.2 Å². The van der Waals surface area contributed by atoms with Crippen molar-refractivity contribution >= 4 is 5.82 Å². The summed E-state index contributed by atoms with van der Waals surface area (Å²) in [5.41, 5.74) is 2.07. The number of hydrogen-bond donors (Lipinski definition) is 0. The molecule has 0 N–H and O–H groups in total. The van der Waals surface area contributed by atoms with Gasteiger partial charge in [0.15, 0.2) is 5.82 Å². The van der Waals surface area contributed by atoms with Crippen LogP contribution in [0.15, 0.2) is 42.5 Å². The molecule has 1 aromatic heterocycles. The molecule has 2 aromatic rings. The van der Waals surface area contributed by atoms with Crippen molar-refractivity contribution in [2.75, 3.05) is 25.0 Å². The highest BCUT2D eigenvalue weighted by Gasteiger charge is 2.33. The third-order valence-electron chi connectivity index (χ3n) is 5.38. The monoisotopic (exact) mass is 308 g/mol. The molecule has 0 aliphatic carbocycles. The van der Waals surface area contributed by atoms with Crippen LogP contribution in [-0.2, 0) is 0 Å². The molecule has 2 atom stereocenters. The minimum absolute atomic E-state index is 0.659. The van der Waals surface area contributed by atoms with E-state index in [-0.39, 0.29) is 0 Å². The first-order valence-electron chi connectivity index (χ1n) is 8.67. The molecule has 2 fully saturated rings. The van der Waals surface area contributed by atoms with Crippen molar-refractivity contribution in [3.63, 3.8) is 0 Å². The Bertz CT molecular complexity index is 624. The van der Waals surface area contributed by atoms with Gasteiger partial charge < -0.3 is 4.90 Å². The highest BCUT2D eigenvalue weighted by atomic mass is 15.3. The minimum atomic E-state index is 0.659. The van der Waals surface area contributed by atoms with Crippen LogP contribution in [0, 0.1) is 0 Å². The summed E-state index contributed by atoms with van der Waals surface area (Å²) in [6, 6.07) is 15.8. The average molecular weight is 308 g/mol. The van der Waals surface area contributed by atoms with E-state index in [9.17, 15) is 0 Å². The van der Waals surface area contributed by atoms with E-state index >= 15 is 0 Å². The van der Waals surface area contributed by atoms with Crippen molar-refractivity contribution in [2.45, 2.75) is 37.8 Å². The molecule has 1 aromatic carbocycles. The van der Waals surface area contributed by atoms with Crippen molar-refractivity contribution in [3.8, 4) is 11.3 Å². The summed E-state index contributed by atoms with van der Waals surface area (Å²) < 4.78 is 0. The summed E-state index contributed by atoms with van der Waals surface area (Å²) in [5.74, 6) is 1.02. The fourth-order valence-electron chi connectivity index (χ4n) is 3.93. The number of aromatic nitrogens is 2. The van der Waals surface area contributed by atoms with Gasteiger partial charge in [-0.1, -0.05) is 43.2 Å². The van der Waals surface area contributed by atoms with Crippen LogP contribution in [0.5, 0.6) is 0 Å². The minimum Gasteiger partial charge on any atom is -0.352 e. The fourth-order valence-corrected chi connectivity index (χ4v) is 3.93. The van der Waals surface area contributed by atoms with Gasteiger partial charge in [-0.05, 0) is 32.0 Å². The Labute approximate surface area is 138 Å². The molecule has 0 spiro atoms. The Hall–Kier alpha value is -1.94. The van der Waals surface area contributed by atoms with Crippen molar-refractivity contribution in [2.24, 2.45) is 0 Å². The van der Waals surface area contributed by atoms with E-state index < -0.39 is 0 Å². The number of anilines is 1. The van der Waals surface area contributed by atoms with Gasteiger partial charge in [0.25, 0.3) is 0 Å². The number of nitrogens with zero attached hydrogens (tertiary/aromatic N) is 4. The topological polar surface area (TPSA) is 32.3 Å². The fraction of sp³-hybridized carbons (Fsp3) is 0.474. The second kappa shape index (κ2) is 6.28. The van der Waals surface area contributed by atoms with Gasteiger partial charge >= 0.3 is 0 Å². The van der Waals surface area contributed by atoms with Crippen LogP contribution in [0.2, 0.25) is 0 Å². The lowest BCUT2D eigenvalue weighted by Crippen LogP contribution is -2.56. The number of benzene rings is 1. The first-order chi connectivity index (χ1) is 11.3. The zero-order valence-electron chi connectivity index (χ0n) is 13.7. The normalized spacial score (nSPS) is 25.2. The van der Waals surface area contributed by atoms with E-state index in [0.29, 0.717) is 12.1 Å². The maximum Gasteiger partial charge on any atom is 0.151 e. The molecule has 4 heteroatoms. The third-order valence-corrected chi connectivity index (χ3v) is 5.38. The molecule has 2 aliphatic rings. The number of piperazine rings is 1. The lowest BCUT2D eigenvalue weighted by atomic mass is 10.1. The summed E-state index contributed by atoms with van der Waals surface area (Å²) in [4.78, 5) is 5.03. The lowest BCUT2D eigenvalue weighted by Gasteiger charge is -2.44. The zero-order valence-corrected chi connectivity index (χ0v) is 13.7. The smallest absolute Gasteiger partial charge is 0.151 e. The molecule has 0 saturated carbocycles. The summed E-state index contributed by atoms with van der Waals surface area (Å²) in [6.07, 6.45) is 5.33. The van der Waals surface area contributed by atoms with Gasteiger partial charge in [0.1, 0.15) is 0 Å². The van der Waals surface area contributed by atoms with Crippen molar-refractivity contribution in [1.29, 1.82) is 0 Å². The standard InChI is InChI=1S/C19H24N4/c1-22-16-9-5-6-10-17(22)14-23(13-16)19-12-11-18(20-21-19)15-7-3-2-4-8-15/h2-4,7-8,11-12,16-17H,5-6,9-10,13-14H2,1H3/t16-,17+. The number of fused-ring (bicyclic) bond motifs is 2. The van der Waals surface area contributed by atoms with Crippen LogP contribution in [0.1, 0.15) is 25.7 Å². The summed E-state index contributed by atoms with van der Waals surface area (Å²) >= 11 is 0. The summed E-state index contributed by atoms with van der Waals surface area (Å²) in [6.45, 7) is 2.15. The molecular formula is C19H24N4. The highest BCUT2D eigenvalue weighted by Crippen LogP contribution is 2.28. The Balaban J connectivity index is 1.54. The molecule has 0 amide bonds. The molecule has 2 bridgehead atoms. The average Bonchev–Trinajstić information content (AvgIpc) is 2.72. The Morgan fingerprint density at radius 3 is 2.17 bits per heavy atom. The first kappa shape index (κ1) is 14.6. The lowest BCUT2D eigenvalue weighted by molar-refractivity contribution is 0.149. The number of likely N-dealkylation sites (N-methyl/N-ethyl adjacent to an activating group) is 1. The van der Waals surface area contributed by atoms with Gasteiger partial charge in [-0.2, -0.15) is 0 Å². The zero-order chi connectivity index (χ0) is 15.6. The van der Waals surface area contributed by atoms with Crippen molar-refractivity contribution in [1.82, 2.24) is 15.1 Å². The third kappa shape index (κ3) is 2.95. The number of hydrogen-bond acceptors (Lipinski definition) is 4. The van der Waals surface area contributed by atoms with E-state index in [0.717, 1.165) is 30.2 Å². The maximum absolute atomic E-state index is 4.52. The van der Waals surface area contributed by atoms with Crippen LogP contribution < -0.4 is 4.90 Å². The molecule has 4 nitrogen and oxygen atoms in total. The Kier molecular flexibility index (Phi) is 4.00. The van der Waals surface area contributed by atoms with Gasteiger partial charge in [-0.3, -0.25) is 4.90 Å². The van der Waals surface area contributed by atoms with Crippen LogP contribution in [-0.4, -0.2) is 47.3 Å². The van der Waals surface area contributed by atoms with Gasteiger partial charge in [-0.15, -0.1) is 10.2 Å². The van der Waals surface area contributed by atoms with E-state index in [1.165, 1.54) is 25.7 Å². The van der Waals surface area contributed by atoms with E-state index in [4.69, 9.17) is 0 Å². The van der Waals surface area contributed by atoms with Gasteiger partial charge in [0.05, 0.1) is 5.69 Å². The highest BCUT2D eigenvalue weighted by molar-refractivity contribution is 5.59. The van der Waals surface area contributed by atoms with E-state index in [2.05, 4.69) is 51.3 Å². The van der Waals surface area contributed by atoms with E-state index in [1.54, 1.807) is 0 Å². The summed E-state index contributed by atoms with van der Waals surface area (Å²) in [7, 11) is 2.29. The Morgan fingerprint density at radius 1 is 0.870 bits per heavy atom. The van der Waals surface area contributed by atoms with Crippen LogP contribution in [0.4, 0.5) is 5.82 Å². The molecule has 0 unspecified atom stereocenters. The molecule has 120 valence electrons. The van der Waals surface area contributed by atoms with Crippen molar-refractivity contribution < 1.29 is 0 Å². The van der Waals surface area contributed by atoms with Crippen LogP contribution >= 0.6 is 0 Å². The summed E-state index contributed by atoms with van der Waals surface area (Å²) in [5, 5.41) is 8.97.